The Morgan fingerprint density at radius 1 is 0.795 bits per heavy atom. The molecule has 3 aromatic carbocycles. The maximum absolute atomic E-state index is 13.2. The average Bonchev–Trinajstić information content (AvgIpc) is 3.05. The second-order valence-corrected chi connectivity index (χ2v) is 10.0. The van der Waals surface area contributed by atoms with E-state index in [4.69, 9.17) is 4.74 Å². The quantitative estimate of drug-likeness (QED) is 0.0897. The third-order valence-electron chi connectivity index (χ3n) is 6.96. The van der Waals surface area contributed by atoms with Crippen molar-refractivity contribution in [3.63, 3.8) is 0 Å². The number of nitrogens with zero attached hydrogens (tertiary/aromatic N) is 2. The number of carbonyl (C=O) groups excluding carboxylic acids is 2. The molecule has 3 atom stereocenters. The highest BCUT2D eigenvalue weighted by molar-refractivity contribution is 6.02. The summed E-state index contributed by atoms with van der Waals surface area (Å²) < 4.78 is 5.07. The van der Waals surface area contributed by atoms with Crippen LogP contribution in [0.1, 0.15) is 47.4 Å². The molecule has 3 N–H and O–H groups in total. The molecule has 5 aromatic rings. The van der Waals surface area contributed by atoms with Crippen molar-refractivity contribution in [1.82, 2.24) is 9.97 Å². The van der Waals surface area contributed by atoms with Crippen LogP contribution in [0.15, 0.2) is 134 Å². The Morgan fingerprint density at radius 3 is 2.16 bits per heavy atom. The van der Waals surface area contributed by atoms with Crippen molar-refractivity contribution in [1.29, 1.82) is 0 Å². The highest BCUT2D eigenvalue weighted by Crippen LogP contribution is 2.43. The topological polar surface area (TPSA) is 113 Å². The molecule has 44 heavy (non-hydrogen) atoms. The number of carbonyl (C=O) groups is 2. The lowest BCUT2D eigenvalue weighted by Crippen LogP contribution is -2.27. The van der Waals surface area contributed by atoms with Crippen LogP contribution in [0.4, 0.5) is 11.5 Å². The standard InChI is InChI=1S/C36H32N4O4/c1-25(41)44-28-20-17-26(18-21-28)19-22-33(42)39-30-14-6-5-13-29(30)35(40-32-16-8-10-24-38-32)34(31-15-7-9-23-37-31)36(43)27-11-3-2-4-12-27/h2-24,34-36,43H,1H3,(H,38,40)(H,39,42)/b22-19+/t34-,35+,36+/m0/s1. The molecule has 1 amide bonds. The number of benzene rings is 3. The van der Waals surface area contributed by atoms with Crippen LogP contribution in [0.25, 0.3) is 6.08 Å². The second kappa shape index (κ2) is 14.5. The maximum atomic E-state index is 13.2. The van der Waals surface area contributed by atoms with Gasteiger partial charge in [-0.3, -0.25) is 14.6 Å². The van der Waals surface area contributed by atoms with Gasteiger partial charge in [-0.05, 0) is 65.2 Å². The molecule has 0 saturated carbocycles. The largest absolute Gasteiger partial charge is 0.427 e. The Morgan fingerprint density at radius 2 is 1.48 bits per heavy atom. The van der Waals surface area contributed by atoms with E-state index in [0.29, 0.717) is 22.9 Å². The van der Waals surface area contributed by atoms with Gasteiger partial charge in [0, 0.05) is 36.8 Å². The van der Waals surface area contributed by atoms with Crippen LogP contribution in [-0.2, 0) is 9.59 Å². The molecular formula is C36H32N4O4. The van der Waals surface area contributed by atoms with Gasteiger partial charge < -0.3 is 20.5 Å². The number of aliphatic hydroxyl groups excluding tert-OH is 1. The first kappa shape index (κ1) is 29.9. The number of esters is 1. The predicted octanol–water partition coefficient (Wildman–Crippen LogP) is 6.72. The molecule has 0 radical (unpaired) electrons. The molecule has 0 unspecified atom stereocenters. The fourth-order valence-electron chi connectivity index (χ4n) is 4.96. The number of pyridine rings is 2. The number of amides is 1. The lowest BCUT2D eigenvalue weighted by atomic mass is 9.82. The third kappa shape index (κ3) is 7.81. The summed E-state index contributed by atoms with van der Waals surface area (Å²) in [6.45, 7) is 1.34. The van der Waals surface area contributed by atoms with Gasteiger partial charge in [0.1, 0.15) is 11.6 Å². The number of ether oxygens (including phenoxy) is 1. The highest BCUT2D eigenvalue weighted by Gasteiger charge is 2.35. The number of rotatable bonds is 11. The summed E-state index contributed by atoms with van der Waals surface area (Å²) in [5.41, 5.74) is 3.49. The number of anilines is 2. The fraction of sp³-hybridized carbons (Fsp3) is 0.111. The maximum Gasteiger partial charge on any atom is 0.308 e. The van der Waals surface area contributed by atoms with Crippen LogP contribution in [0, 0.1) is 0 Å². The number of hydrogen-bond donors (Lipinski definition) is 3. The van der Waals surface area contributed by atoms with Crippen LogP contribution in [0.2, 0.25) is 0 Å². The molecule has 0 aliphatic carbocycles. The molecule has 0 fully saturated rings. The van der Waals surface area contributed by atoms with E-state index < -0.39 is 24.0 Å². The Kier molecular flexibility index (Phi) is 9.87. The van der Waals surface area contributed by atoms with Crippen molar-refractivity contribution in [3.8, 4) is 5.75 Å². The Labute approximate surface area is 256 Å². The lowest BCUT2D eigenvalue weighted by molar-refractivity contribution is -0.131. The molecule has 2 aromatic heterocycles. The zero-order valence-corrected chi connectivity index (χ0v) is 24.1. The van der Waals surface area contributed by atoms with E-state index in [1.165, 1.54) is 13.0 Å². The molecule has 0 bridgehead atoms. The summed E-state index contributed by atoms with van der Waals surface area (Å²) in [7, 11) is 0. The summed E-state index contributed by atoms with van der Waals surface area (Å²) in [6.07, 6.45) is 5.57. The van der Waals surface area contributed by atoms with E-state index in [1.54, 1.807) is 42.7 Å². The Balaban J connectivity index is 1.49. The lowest BCUT2D eigenvalue weighted by Gasteiger charge is -2.33. The minimum absolute atomic E-state index is 0.337. The van der Waals surface area contributed by atoms with Gasteiger partial charge in [-0.1, -0.05) is 72.8 Å². The smallest absolute Gasteiger partial charge is 0.308 e. The van der Waals surface area contributed by atoms with E-state index in [-0.39, 0.29) is 5.91 Å². The van der Waals surface area contributed by atoms with Gasteiger partial charge in [0.25, 0.3) is 0 Å². The van der Waals surface area contributed by atoms with E-state index in [9.17, 15) is 14.7 Å². The summed E-state index contributed by atoms with van der Waals surface area (Å²) in [4.78, 5) is 33.5. The minimum atomic E-state index is -0.939. The number of para-hydroxylation sites is 1. The zero-order valence-electron chi connectivity index (χ0n) is 24.1. The van der Waals surface area contributed by atoms with E-state index in [0.717, 1.165) is 16.7 Å². The van der Waals surface area contributed by atoms with Crippen molar-refractivity contribution in [3.05, 3.63) is 156 Å². The van der Waals surface area contributed by atoms with Crippen molar-refractivity contribution >= 4 is 29.5 Å². The van der Waals surface area contributed by atoms with Crippen LogP contribution in [0.5, 0.6) is 5.75 Å². The van der Waals surface area contributed by atoms with Crippen molar-refractivity contribution in [2.75, 3.05) is 10.6 Å². The SMILES string of the molecule is CC(=O)Oc1ccc(/C=C/C(=O)Nc2ccccc2[C@@H](Nc2ccccn2)[C@H](c2ccccn2)[C@H](O)c2ccccc2)cc1. The average molecular weight is 585 g/mol. The molecule has 0 aliphatic heterocycles. The first-order valence-corrected chi connectivity index (χ1v) is 14.2. The fourth-order valence-corrected chi connectivity index (χ4v) is 4.96. The van der Waals surface area contributed by atoms with Crippen LogP contribution < -0.4 is 15.4 Å². The molecule has 2 heterocycles. The molecule has 0 aliphatic rings. The van der Waals surface area contributed by atoms with Gasteiger partial charge in [-0.2, -0.15) is 0 Å². The van der Waals surface area contributed by atoms with Crippen LogP contribution >= 0.6 is 0 Å². The first-order chi connectivity index (χ1) is 21.5. The normalized spacial score (nSPS) is 13.0. The summed E-state index contributed by atoms with van der Waals surface area (Å²) in [5.74, 6) is -0.263. The van der Waals surface area contributed by atoms with E-state index in [1.807, 2.05) is 91.0 Å². The van der Waals surface area contributed by atoms with Gasteiger partial charge in [-0.15, -0.1) is 0 Å². The second-order valence-electron chi connectivity index (χ2n) is 10.0. The van der Waals surface area contributed by atoms with E-state index >= 15 is 0 Å². The van der Waals surface area contributed by atoms with E-state index in [2.05, 4.69) is 20.6 Å². The minimum Gasteiger partial charge on any atom is -0.427 e. The Hall–Kier alpha value is -5.60. The summed E-state index contributed by atoms with van der Waals surface area (Å²) in [5, 5.41) is 18.4. The monoisotopic (exact) mass is 584 g/mol. The molecule has 5 rings (SSSR count). The first-order valence-electron chi connectivity index (χ1n) is 14.2. The highest BCUT2D eigenvalue weighted by atomic mass is 16.5. The summed E-state index contributed by atoms with van der Waals surface area (Å²) >= 11 is 0. The van der Waals surface area contributed by atoms with Crippen molar-refractivity contribution < 1.29 is 19.4 Å². The van der Waals surface area contributed by atoms with Crippen molar-refractivity contribution in [2.24, 2.45) is 0 Å². The molecule has 8 heteroatoms. The van der Waals surface area contributed by atoms with Gasteiger partial charge in [0.2, 0.25) is 5.91 Å². The summed E-state index contributed by atoms with van der Waals surface area (Å²) in [6, 6.07) is 34.4. The number of aliphatic hydroxyl groups is 1. The molecule has 0 saturated heterocycles. The third-order valence-corrected chi connectivity index (χ3v) is 6.96. The zero-order chi connectivity index (χ0) is 30.7. The predicted molar refractivity (Wildman–Crippen MR) is 171 cm³/mol. The number of hydrogen-bond acceptors (Lipinski definition) is 7. The Bertz CT molecular complexity index is 1700. The van der Waals surface area contributed by atoms with Gasteiger partial charge >= 0.3 is 5.97 Å². The molecule has 0 spiro atoms. The van der Waals surface area contributed by atoms with Gasteiger partial charge in [-0.25, -0.2) is 4.98 Å². The molecule has 220 valence electrons. The molecule has 8 nitrogen and oxygen atoms in total. The van der Waals surface area contributed by atoms with Crippen LogP contribution in [0.3, 0.4) is 0 Å². The van der Waals surface area contributed by atoms with Crippen LogP contribution in [-0.4, -0.2) is 27.0 Å². The number of aromatic nitrogens is 2. The molecular weight excluding hydrogens is 552 g/mol. The van der Waals surface area contributed by atoms with Crippen molar-refractivity contribution in [2.45, 2.75) is 25.0 Å². The number of nitrogens with one attached hydrogen (secondary N) is 2. The van der Waals surface area contributed by atoms with Gasteiger partial charge in [0.15, 0.2) is 0 Å². The van der Waals surface area contributed by atoms with Gasteiger partial charge in [0.05, 0.1) is 18.1 Å².